The van der Waals surface area contributed by atoms with E-state index in [1.54, 1.807) is 0 Å². The minimum absolute atomic E-state index is 0.264. The van der Waals surface area contributed by atoms with E-state index in [9.17, 15) is 4.79 Å². The first-order valence-electron chi connectivity index (χ1n) is 7.58. The lowest BCUT2D eigenvalue weighted by molar-refractivity contribution is -0.127. The number of carbonyl (C=O) groups excluding carboxylic acids is 1. The maximum atomic E-state index is 11.9. The molecule has 1 aromatic carbocycles. The third-order valence-electron chi connectivity index (χ3n) is 3.94. The molecule has 1 saturated heterocycles. The van der Waals surface area contributed by atoms with Crippen LogP contribution in [0.1, 0.15) is 44.6 Å². The fourth-order valence-electron chi connectivity index (χ4n) is 2.94. The van der Waals surface area contributed by atoms with Gasteiger partial charge in [0.25, 0.3) is 0 Å². The van der Waals surface area contributed by atoms with Crippen molar-refractivity contribution in [2.75, 3.05) is 13.1 Å². The molecule has 1 amide bonds. The van der Waals surface area contributed by atoms with E-state index in [1.165, 1.54) is 11.1 Å². The van der Waals surface area contributed by atoms with Crippen LogP contribution in [0.3, 0.4) is 0 Å². The average Bonchev–Trinajstić information content (AvgIpc) is 2.81. The standard InChI is InChI=1S/C18H25NO/c1-14(2)12-15(3)17(16-8-5-4-6-9-16)13-19-11-7-10-18(19)20/h4-6,8-9,14,17H,3,7,10-13H2,1-2H3. The Morgan fingerprint density at radius 2 is 2.00 bits per heavy atom. The van der Waals surface area contributed by atoms with Gasteiger partial charge >= 0.3 is 0 Å². The van der Waals surface area contributed by atoms with Crippen molar-refractivity contribution < 1.29 is 4.79 Å². The molecule has 1 aromatic rings. The molecule has 1 fully saturated rings. The number of nitrogens with zero attached hydrogens (tertiary/aromatic N) is 1. The monoisotopic (exact) mass is 271 g/mol. The van der Waals surface area contributed by atoms with Crippen molar-refractivity contribution in [3.8, 4) is 0 Å². The second kappa shape index (κ2) is 6.74. The van der Waals surface area contributed by atoms with E-state index >= 15 is 0 Å². The lowest BCUT2D eigenvalue weighted by atomic mass is 9.87. The summed E-state index contributed by atoms with van der Waals surface area (Å²) in [5.41, 5.74) is 2.52. The highest BCUT2D eigenvalue weighted by Crippen LogP contribution is 2.30. The van der Waals surface area contributed by atoms with Crippen molar-refractivity contribution in [1.82, 2.24) is 4.90 Å². The number of rotatable bonds is 6. The molecule has 1 aliphatic heterocycles. The van der Waals surface area contributed by atoms with Gasteiger partial charge in [0.15, 0.2) is 0 Å². The van der Waals surface area contributed by atoms with Gasteiger partial charge in [-0.05, 0) is 24.3 Å². The molecule has 1 unspecified atom stereocenters. The van der Waals surface area contributed by atoms with Gasteiger partial charge in [-0.1, -0.05) is 56.3 Å². The number of hydrogen-bond acceptors (Lipinski definition) is 1. The molecule has 2 heteroatoms. The summed E-state index contributed by atoms with van der Waals surface area (Å²) < 4.78 is 0. The molecule has 108 valence electrons. The molecule has 1 aliphatic rings. The molecular weight excluding hydrogens is 246 g/mol. The summed E-state index contributed by atoms with van der Waals surface area (Å²) in [5.74, 6) is 1.16. The number of amides is 1. The molecule has 0 saturated carbocycles. The highest BCUT2D eigenvalue weighted by molar-refractivity contribution is 5.78. The van der Waals surface area contributed by atoms with E-state index in [4.69, 9.17) is 0 Å². The van der Waals surface area contributed by atoms with Crippen LogP contribution < -0.4 is 0 Å². The third kappa shape index (κ3) is 3.72. The first-order chi connectivity index (χ1) is 9.58. The van der Waals surface area contributed by atoms with Crippen LogP contribution >= 0.6 is 0 Å². The third-order valence-corrected chi connectivity index (χ3v) is 3.94. The van der Waals surface area contributed by atoms with Gasteiger partial charge in [0, 0.05) is 25.4 Å². The van der Waals surface area contributed by atoms with Gasteiger partial charge in [-0.15, -0.1) is 0 Å². The Kier molecular flexibility index (Phi) is 4.99. The highest BCUT2D eigenvalue weighted by Gasteiger charge is 2.25. The zero-order valence-electron chi connectivity index (χ0n) is 12.6. The Labute approximate surface area is 122 Å². The maximum Gasteiger partial charge on any atom is 0.222 e. The average molecular weight is 271 g/mol. The molecule has 0 aromatic heterocycles. The van der Waals surface area contributed by atoms with Gasteiger partial charge in [0.1, 0.15) is 0 Å². The molecule has 1 atom stereocenters. The molecule has 0 spiro atoms. The SMILES string of the molecule is C=C(CC(C)C)C(CN1CCCC1=O)c1ccccc1. The highest BCUT2D eigenvalue weighted by atomic mass is 16.2. The first kappa shape index (κ1) is 14.8. The van der Waals surface area contributed by atoms with Crippen LogP contribution in [0.25, 0.3) is 0 Å². The minimum atomic E-state index is 0.264. The van der Waals surface area contributed by atoms with Crippen LogP contribution in [0.5, 0.6) is 0 Å². The van der Waals surface area contributed by atoms with Crippen LogP contribution in [0.2, 0.25) is 0 Å². The lowest BCUT2D eigenvalue weighted by Crippen LogP contribution is -2.30. The fraction of sp³-hybridized carbons (Fsp3) is 0.500. The topological polar surface area (TPSA) is 20.3 Å². The maximum absolute atomic E-state index is 11.9. The van der Waals surface area contributed by atoms with E-state index < -0.39 is 0 Å². The van der Waals surface area contributed by atoms with Gasteiger partial charge in [-0.3, -0.25) is 4.79 Å². The van der Waals surface area contributed by atoms with Crippen molar-refractivity contribution in [2.24, 2.45) is 5.92 Å². The summed E-state index contributed by atoms with van der Waals surface area (Å²) in [4.78, 5) is 13.9. The number of benzene rings is 1. The molecule has 0 N–H and O–H groups in total. The van der Waals surface area contributed by atoms with E-state index in [0.29, 0.717) is 18.2 Å². The second-order valence-electron chi connectivity index (χ2n) is 6.16. The van der Waals surface area contributed by atoms with E-state index in [-0.39, 0.29) is 5.92 Å². The van der Waals surface area contributed by atoms with Gasteiger partial charge in [0.05, 0.1) is 0 Å². The molecule has 1 heterocycles. The van der Waals surface area contributed by atoms with E-state index in [2.05, 4.69) is 44.7 Å². The molecule has 0 radical (unpaired) electrons. The Hall–Kier alpha value is -1.57. The fourth-order valence-corrected chi connectivity index (χ4v) is 2.94. The van der Waals surface area contributed by atoms with Gasteiger partial charge in [-0.25, -0.2) is 0 Å². The van der Waals surface area contributed by atoms with Crippen molar-refractivity contribution in [3.05, 3.63) is 48.0 Å². The summed E-state index contributed by atoms with van der Waals surface area (Å²) >= 11 is 0. The minimum Gasteiger partial charge on any atom is -0.342 e. The van der Waals surface area contributed by atoms with Crippen molar-refractivity contribution in [3.63, 3.8) is 0 Å². The summed E-state index contributed by atoms with van der Waals surface area (Å²) in [7, 11) is 0. The zero-order valence-corrected chi connectivity index (χ0v) is 12.6. The van der Waals surface area contributed by atoms with Gasteiger partial charge in [-0.2, -0.15) is 0 Å². The van der Waals surface area contributed by atoms with Crippen LogP contribution in [-0.4, -0.2) is 23.9 Å². The van der Waals surface area contributed by atoms with Crippen molar-refractivity contribution in [2.45, 2.75) is 39.0 Å². The first-order valence-corrected chi connectivity index (χ1v) is 7.58. The molecule has 2 nitrogen and oxygen atoms in total. The summed E-state index contributed by atoms with van der Waals surface area (Å²) in [6.45, 7) is 10.4. The quantitative estimate of drug-likeness (QED) is 0.716. The molecular formula is C18H25NO. The van der Waals surface area contributed by atoms with Crippen LogP contribution in [0.15, 0.2) is 42.5 Å². The number of carbonyl (C=O) groups is 1. The van der Waals surface area contributed by atoms with Crippen molar-refractivity contribution >= 4 is 5.91 Å². The van der Waals surface area contributed by atoms with Crippen LogP contribution in [-0.2, 0) is 4.79 Å². The largest absolute Gasteiger partial charge is 0.342 e. The summed E-state index contributed by atoms with van der Waals surface area (Å²) in [6.07, 6.45) is 2.72. The summed E-state index contributed by atoms with van der Waals surface area (Å²) in [5, 5.41) is 0. The van der Waals surface area contributed by atoms with Gasteiger partial charge < -0.3 is 4.90 Å². The Bertz CT molecular complexity index is 464. The number of likely N-dealkylation sites (tertiary alicyclic amines) is 1. The zero-order chi connectivity index (χ0) is 14.5. The lowest BCUT2D eigenvalue weighted by Gasteiger charge is -2.27. The molecule has 2 rings (SSSR count). The number of hydrogen-bond donors (Lipinski definition) is 0. The normalized spacial score (nSPS) is 16.8. The van der Waals surface area contributed by atoms with Crippen molar-refractivity contribution in [1.29, 1.82) is 0 Å². The van der Waals surface area contributed by atoms with E-state index in [0.717, 1.165) is 25.9 Å². The second-order valence-corrected chi connectivity index (χ2v) is 6.16. The molecule has 0 aliphatic carbocycles. The predicted molar refractivity (Wildman–Crippen MR) is 83.6 cm³/mol. The molecule has 0 bridgehead atoms. The predicted octanol–water partition coefficient (Wildman–Crippen LogP) is 3.99. The van der Waals surface area contributed by atoms with E-state index in [1.807, 2.05) is 11.0 Å². The smallest absolute Gasteiger partial charge is 0.222 e. The molecule has 20 heavy (non-hydrogen) atoms. The van der Waals surface area contributed by atoms with Crippen LogP contribution in [0, 0.1) is 5.92 Å². The Morgan fingerprint density at radius 1 is 1.30 bits per heavy atom. The van der Waals surface area contributed by atoms with Crippen LogP contribution in [0.4, 0.5) is 0 Å². The Balaban J connectivity index is 2.15. The summed E-state index contributed by atoms with van der Waals surface area (Å²) in [6, 6.07) is 10.5. The Morgan fingerprint density at radius 3 is 2.55 bits per heavy atom. The van der Waals surface area contributed by atoms with Gasteiger partial charge in [0.2, 0.25) is 5.91 Å².